The molecule has 0 unspecified atom stereocenters. The first kappa shape index (κ1) is 34.1. The molecule has 42 heavy (non-hydrogen) atoms. The van der Waals surface area contributed by atoms with Crippen LogP contribution in [0.15, 0.2) is 47.6 Å². The quantitative estimate of drug-likeness (QED) is 0.0723. The van der Waals surface area contributed by atoms with Gasteiger partial charge in [-0.05, 0) is 63.2 Å². The molecule has 15 heteroatoms. The summed E-state index contributed by atoms with van der Waals surface area (Å²) in [5, 5.41) is 13.3. The summed E-state index contributed by atoms with van der Waals surface area (Å²) >= 11 is 0. The minimum atomic E-state index is -4.46. The molecule has 0 aliphatic heterocycles. The molecule has 2 aromatic carbocycles. The number of hydrogen-bond acceptors (Lipinski definition) is 9. The number of hydrazine groups is 1. The number of benzene rings is 2. The first-order valence-corrected chi connectivity index (χ1v) is 13.0. The number of carbonyl (C=O) groups is 2. The highest BCUT2D eigenvalue weighted by atomic mass is 19.4. The molecule has 0 saturated carbocycles. The second-order valence-corrected chi connectivity index (χ2v) is 9.93. The zero-order valence-electron chi connectivity index (χ0n) is 24.0. The number of ether oxygens (including phenoxy) is 3. The van der Waals surface area contributed by atoms with Gasteiger partial charge in [0.15, 0.2) is 5.84 Å². The molecule has 0 aromatic heterocycles. The summed E-state index contributed by atoms with van der Waals surface area (Å²) in [4.78, 5) is 24.3. The average molecular weight is 598 g/mol. The van der Waals surface area contributed by atoms with E-state index in [0.29, 0.717) is 30.1 Å². The monoisotopic (exact) mass is 597 g/mol. The van der Waals surface area contributed by atoms with Gasteiger partial charge in [-0.2, -0.15) is 13.2 Å². The number of hydrogen-bond donors (Lipinski definition) is 5. The van der Waals surface area contributed by atoms with Crippen molar-refractivity contribution in [2.75, 3.05) is 51.9 Å². The number of carbonyl (C=O) groups excluding carboxylic acids is 2. The predicted molar refractivity (Wildman–Crippen MR) is 152 cm³/mol. The standard InChI is InChI=1S/C27H38F3N7O5/c1-26(2,3)42-25(39)34-12-14-41-16-15-40-13-11-33-24(38)18-5-10-22(21(17-18)23(31)36-37(4)32)35-20-8-6-19(7-9-20)27(28,29)30/h5-10,17,35H,11-16,32H2,1-4H3,(H2,31,36)(H,33,38)(H,34,39). The maximum Gasteiger partial charge on any atom is 0.416 e. The number of alkyl halides is 3. The third-order valence-corrected chi connectivity index (χ3v) is 5.13. The Labute approximate surface area is 242 Å². The largest absolute Gasteiger partial charge is 0.444 e. The molecular weight excluding hydrogens is 559 g/mol. The molecule has 0 bridgehead atoms. The molecule has 0 aliphatic rings. The van der Waals surface area contributed by atoms with Gasteiger partial charge in [0.2, 0.25) is 0 Å². The van der Waals surface area contributed by atoms with Crippen molar-refractivity contribution in [2.45, 2.75) is 32.5 Å². The van der Waals surface area contributed by atoms with E-state index in [1.807, 2.05) is 0 Å². The first-order valence-electron chi connectivity index (χ1n) is 13.0. The molecule has 12 nitrogen and oxygen atoms in total. The van der Waals surface area contributed by atoms with Crippen molar-refractivity contribution in [3.63, 3.8) is 0 Å². The molecule has 0 spiro atoms. The number of amides is 2. The van der Waals surface area contributed by atoms with Crippen molar-refractivity contribution >= 4 is 29.2 Å². The van der Waals surface area contributed by atoms with Crippen LogP contribution in [-0.2, 0) is 20.4 Å². The van der Waals surface area contributed by atoms with Gasteiger partial charge in [-0.15, -0.1) is 5.10 Å². The number of alkyl carbamates (subject to hydrolysis) is 1. The van der Waals surface area contributed by atoms with Crippen LogP contribution in [0.3, 0.4) is 0 Å². The Morgan fingerprint density at radius 2 is 1.52 bits per heavy atom. The summed E-state index contributed by atoms with van der Waals surface area (Å²) in [5.74, 6) is 5.15. The Morgan fingerprint density at radius 3 is 2.07 bits per heavy atom. The van der Waals surface area contributed by atoms with Crippen molar-refractivity contribution in [1.82, 2.24) is 15.8 Å². The van der Waals surface area contributed by atoms with Crippen molar-refractivity contribution in [1.29, 1.82) is 0 Å². The SMILES string of the molecule is CN(N)/N=C(\N)c1cc(C(=O)NCCOCCOCCNC(=O)OC(C)(C)C)ccc1Nc1ccc(C(F)(F)F)cc1. The highest BCUT2D eigenvalue weighted by Crippen LogP contribution is 2.31. The molecule has 7 N–H and O–H groups in total. The fourth-order valence-corrected chi connectivity index (χ4v) is 3.33. The van der Waals surface area contributed by atoms with Gasteiger partial charge in [-0.3, -0.25) is 4.79 Å². The van der Waals surface area contributed by atoms with Crippen molar-refractivity contribution in [3.05, 3.63) is 59.2 Å². The van der Waals surface area contributed by atoms with Crippen molar-refractivity contribution < 1.29 is 37.0 Å². The summed E-state index contributed by atoms with van der Waals surface area (Å²) in [6, 6.07) is 9.05. The Kier molecular flexibility index (Phi) is 12.8. The lowest BCUT2D eigenvalue weighted by Crippen LogP contribution is -2.34. The topological polar surface area (TPSA) is 166 Å². The lowest BCUT2D eigenvalue weighted by molar-refractivity contribution is -0.137. The zero-order valence-corrected chi connectivity index (χ0v) is 24.0. The van der Waals surface area contributed by atoms with Crippen LogP contribution in [0.25, 0.3) is 0 Å². The molecule has 0 atom stereocenters. The Balaban J connectivity index is 1.85. The fraction of sp³-hybridized carbons (Fsp3) is 0.444. The van der Waals surface area contributed by atoms with E-state index in [1.165, 1.54) is 31.3 Å². The number of halogens is 3. The minimum Gasteiger partial charge on any atom is -0.444 e. The molecule has 2 aromatic rings. The molecule has 0 saturated heterocycles. The summed E-state index contributed by atoms with van der Waals surface area (Å²) in [7, 11) is 1.46. The van der Waals surface area contributed by atoms with Crippen LogP contribution in [0.1, 0.15) is 42.3 Å². The molecule has 2 rings (SSSR count). The van der Waals surface area contributed by atoms with E-state index < -0.39 is 29.3 Å². The van der Waals surface area contributed by atoms with E-state index in [0.717, 1.165) is 17.3 Å². The Bertz CT molecular complexity index is 1200. The van der Waals surface area contributed by atoms with E-state index in [1.54, 1.807) is 26.8 Å². The van der Waals surface area contributed by atoms with E-state index in [4.69, 9.17) is 25.8 Å². The van der Waals surface area contributed by atoms with Crippen LogP contribution in [-0.4, -0.2) is 75.1 Å². The maximum atomic E-state index is 12.9. The van der Waals surface area contributed by atoms with Gasteiger partial charge >= 0.3 is 12.3 Å². The van der Waals surface area contributed by atoms with E-state index in [-0.39, 0.29) is 37.8 Å². The second kappa shape index (κ2) is 15.8. The van der Waals surface area contributed by atoms with Crippen molar-refractivity contribution in [3.8, 4) is 0 Å². The van der Waals surface area contributed by atoms with Crippen molar-refractivity contribution in [2.24, 2.45) is 16.7 Å². The van der Waals surface area contributed by atoms with Crippen LogP contribution in [0.4, 0.5) is 29.3 Å². The van der Waals surface area contributed by atoms with Gasteiger partial charge < -0.3 is 35.9 Å². The number of hydrazone groups is 1. The Hall–Kier alpha value is -4.08. The normalized spacial score (nSPS) is 12.0. The summed E-state index contributed by atoms with van der Waals surface area (Å²) in [6.07, 6.45) is -4.97. The number of nitrogens with zero attached hydrogens (tertiary/aromatic N) is 2. The highest BCUT2D eigenvalue weighted by Gasteiger charge is 2.30. The molecule has 0 radical (unpaired) electrons. The maximum absolute atomic E-state index is 12.9. The molecule has 232 valence electrons. The van der Waals surface area contributed by atoms with Gasteiger partial charge in [0, 0.05) is 42.6 Å². The van der Waals surface area contributed by atoms with Gasteiger partial charge in [-0.1, -0.05) is 0 Å². The summed E-state index contributed by atoms with van der Waals surface area (Å²) in [6.45, 7) is 6.94. The Morgan fingerprint density at radius 1 is 0.929 bits per heavy atom. The molecule has 2 amide bonds. The number of amidine groups is 1. The van der Waals surface area contributed by atoms with Crippen LogP contribution >= 0.6 is 0 Å². The molecule has 0 aliphatic carbocycles. The second-order valence-electron chi connectivity index (χ2n) is 9.93. The first-order chi connectivity index (χ1) is 19.7. The summed E-state index contributed by atoms with van der Waals surface area (Å²) in [5.41, 5.74) is 6.09. The fourth-order valence-electron chi connectivity index (χ4n) is 3.33. The minimum absolute atomic E-state index is 0.0197. The predicted octanol–water partition coefficient (Wildman–Crippen LogP) is 3.16. The smallest absolute Gasteiger partial charge is 0.416 e. The summed E-state index contributed by atoms with van der Waals surface area (Å²) < 4.78 is 54.6. The lowest BCUT2D eigenvalue weighted by Gasteiger charge is -2.19. The third kappa shape index (κ3) is 12.6. The van der Waals surface area contributed by atoms with Crippen LogP contribution < -0.4 is 27.5 Å². The van der Waals surface area contributed by atoms with E-state index in [2.05, 4.69) is 21.1 Å². The molecular formula is C27H38F3N7O5. The molecule has 0 heterocycles. The number of nitrogens with two attached hydrogens (primary N) is 2. The lowest BCUT2D eigenvalue weighted by atomic mass is 10.1. The number of anilines is 2. The van der Waals surface area contributed by atoms with Crippen LogP contribution in [0, 0.1) is 0 Å². The third-order valence-electron chi connectivity index (χ3n) is 5.13. The van der Waals surface area contributed by atoms with E-state index >= 15 is 0 Å². The van der Waals surface area contributed by atoms with Gasteiger partial charge in [-0.25, -0.2) is 15.8 Å². The number of rotatable bonds is 14. The molecule has 0 fully saturated rings. The average Bonchev–Trinajstić information content (AvgIpc) is 2.88. The zero-order chi connectivity index (χ0) is 31.3. The van der Waals surface area contributed by atoms with E-state index in [9.17, 15) is 22.8 Å². The number of nitrogens with one attached hydrogen (secondary N) is 3. The highest BCUT2D eigenvalue weighted by molar-refractivity contribution is 6.05. The van der Waals surface area contributed by atoms with Gasteiger partial charge in [0.05, 0.1) is 32.0 Å². The van der Waals surface area contributed by atoms with Crippen LogP contribution in [0.2, 0.25) is 0 Å². The van der Waals surface area contributed by atoms with Crippen LogP contribution in [0.5, 0.6) is 0 Å². The van der Waals surface area contributed by atoms with Gasteiger partial charge in [0.1, 0.15) is 5.60 Å². The van der Waals surface area contributed by atoms with Gasteiger partial charge in [0.25, 0.3) is 5.91 Å².